The van der Waals surface area contributed by atoms with Crippen molar-refractivity contribution < 1.29 is 24.3 Å². The van der Waals surface area contributed by atoms with Crippen LogP contribution in [0.5, 0.6) is 0 Å². The summed E-state index contributed by atoms with van der Waals surface area (Å²) < 4.78 is 0. The first-order valence-electron chi connectivity index (χ1n) is 9.40. The third kappa shape index (κ3) is 9.67. The van der Waals surface area contributed by atoms with Crippen molar-refractivity contribution >= 4 is 23.7 Å². The normalized spacial score (nSPS) is 12.5. The summed E-state index contributed by atoms with van der Waals surface area (Å²) in [5.41, 5.74) is 11.4. The Hall–Kier alpha value is -2.98. The number of carboxylic acid groups (broad SMARTS) is 1. The minimum Gasteiger partial charge on any atom is -0.480 e. The predicted molar refractivity (Wildman–Crippen MR) is 107 cm³/mol. The highest BCUT2D eigenvalue weighted by atomic mass is 16.4. The van der Waals surface area contributed by atoms with Gasteiger partial charge in [0.05, 0.1) is 13.1 Å². The van der Waals surface area contributed by atoms with Crippen molar-refractivity contribution in [2.24, 2.45) is 11.5 Å². The van der Waals surface area contributed by atoms with Crippen LogP contribution in [0.2, 0.25) is 0 Å². The van der Waals surface area contributed by atoms with Crippen molar-refractivity contribution in [3.05, 3.63) is 35.9 Å². The van der Waals surface area contributed by atoms with Gasteiger partial charge in [0.1, 0.15) is 12.1 Å². The Balaban J connectivity index is 2.81. The van der Waals surface area contributed by atoms with Crippen LogP contribution in [0.15, 0.2) is 30.3 Å². The molecule has 1 aromatic rings. The second kappa shape index (κ2) is 13.2. The lowest BCUT2D eigenvalue weighted by Gasteiger charge is -2.22. The molecule has 0 heterocycles. The molecule has 0 saturated heterocycles. The van der Waals surface area contributed by atoms with E-state index in [0.717, 1.165) is 5.56 Å². The molecule has 1 aromatic carbocycles. The molecule has 0 saturated carbocycles. The lowest BCUT2D eigenvalue weighted by molar-refractivity contribution is -0.142. The molecule has 0 spiro atoms. The average Bonchev–Trinajstić information content (AvgIpc) is 2.71. The largest absolute Gasteiger partial charge is 0.480 e. The predicted octanol–water partition coefficient (Wildman–Crippen LogP) is -1.51. The zero-order valence-electron chi connectivity index (χ0n) is 16.2. The summed E-state index contributed by atoms with van der Waals surface area (Å²) in [7, 11) is 0. The van der Waals surface area contributed by atoms with Gasteiger partial charge in [-0.2, -0.15) is 0 Å². The maximum Gasteiger partial charge on any atom is 0.326 e. The molecule has 0 aliphatic rings. The number of nitrogens with two attached hydrogens (primary N) is 2. The van der Waals surface area contributed by atoms with E-state index in [9.17, 15) is 24.3 Å². The number of hydrogen-bond acceptors (Lipinski definition) is 6. The molecule has 160 valence electrons. The van der Waals surface area contributed by atoms with E-state index in [1.807, 2.05) is 6.07 Å². The van der Waals surface area contributed by atoms with Crippen LogP contribution in [0.3, 0.4) is 0 Å². The topological polar surface area (TPSA) is 177 Å². The lowest BCUT2D eigenvalue weighted by Crippen LogP contribution is -2.54. The van der Waals surface area contributed by atoms with E-state index in [-0.39, 0.29) is 25.9 Å². The van der Waals surface area contributed by atoms with Crippen LogP contribution in [0, 0.1) is 0 Å². The van der Waals surface area contributed by atoms with E-state index in [0.29, 0.717) is 19.4 Å². The van der Waals surface area contributed by atoms with Crippen LogP contribution in [0.25, 0.3) is 0 Å². The number of benzene rings is 1. The zero-order chi connectivity index (χ0) is 21.6. The van der Waals surface area contributed by atoms with Crippen molar-refractivity contribution in [1.29, 1.82) is 0 Å². The van der Waals surface area contributed by atoms with Crippen molar-refractivity contribution in [2.75, 3.05) is 19.6 Å². The van der Waals surface area contributed by atoms with E-state index < -0.39 is 35.8 Å². The van der Waals surface area contributed by atoms with Crippen LogP contribution in [0.4, 0.5) is 0 Å². The number of carboxylic acids is 1. The third-order valence-electron chi connectivity index (χ3n) is 4.13. The number of amides is 3. The molecular weight excluding hydrogens is 378 g/mol. The molecule has 0 aromatic heterocycles. The first kappa shape index (κ1) is 24.1. The van der Waals surface area contributed by atoms with E-state index >= 15 is 0 Å². The standard InChI is InChI=1S/C19H29N5O5/c20-9-5-4-8-14(19(28)29)24-18(27)15(10-13-6-2-1-3-7-13)23-17(26)12-22-16(25)11-21/h1-3,6-7,14-15H,4-5,8-12,20-21H2,(H,22,25)(H,23,26)(H,24,27)(H,28,29). The van der Waals surface area contributed by atoms with Gasteiger partial charge in [0, 0.05) is 6.42 Å². The van der Waals surface area contributed by atoms with Crippen LogP contribution < -0.4 is 27.4 Å². The molecule has 10 nitrogen and oxygen atoms in total. The highest BCUT2D eigenvalue weighted by Gasteiger charge is 2.26. The highest BCUT2D eigenvalue weighted by molar-refractivity contribution is 5.92. The molecule has 8 N–H and O–H groups in total. The first-order chi connectivity index (χ1) is 13.9. The molecule has 0 radical (unpaired) electrons. The molecule has 0 bridgehead atoms. The lowest BCUT2D eigenvalue weighted by atomic mass is 10.0. The number of aliphatic carboxylic acids is 1. The van der Waals surface area contributed by atoms with Crippen LogP contribution in [-0.4, -0.2) is 60.5 Å². The minimum absolute atomic E-state index is 0.165. The van der Waals surface area contributed by atoms with E-state index in [4.69, 9.17) is 11.5 Å². The van der Waals surface area contributed by atoms with Gasteiger partial charge in [0.25, 0.3) is 0 Å². The van der Waals surface area contributed by atoms with Crippen LogP contribution in [0.1, 0.15) is 24.8 Å². The Morgan fingerprint density at radius 1 is 0.931 bits per heavy atom. The second-order valence-corrected chi connectivity index (χ2v) is 6.47. The van der Waals surface area contributed by atoms with Crippen LogP contribution >= 0.6 is 0 Å². The van der Waals surface area contributed by atoms with E-state index in [1.165, 1.54) is 0 Å². The van der Waals surface area contributed by atoms with E-state index in [2.05, 4.69) is 16.0 Å². The van der Waals surface area contributed by atoms with Crippen molar-refractivity contribution in [2.45, 2.75) is 37.8 Å². The molecule has 2 unspecified atom stereocenters. The Labute approximate surface area is 169 Å². The van der Waals surface area contributed by atoms with Gasteiger partial charge in [-0.25, -0.2) is 4.79 Å². The number of nitrogens with one attached hydrogen (secondary N) is 3. The molecule has 2 atom stereocenters. The minimum atomic E-state index is -1.16. The Bertz CT molecular complexity index is 683. The molecule has 0 aliphatic carbocycles. The number of unbranched alkanes of at least 4 members (excludes halogenated alkanes) is 1. The number of carbonyl (C=O) groups is 4. The van der Waals surface area contributed by atoms with Gasteiger partial charge in [-0.3, -0.25) is 14.4 Å². The van der Waals surface area contributed by atoms with Gasteiger partial charge in [0.15, 0.2) is 0 Å². The molecular formula is C19H29N5O5. The summed E-state index contributed by atoms with van der Waals surface area (Å²) in [4.78, 5) is 47.5. The Morgan fingerprint density at radius 3 is 2.21 bits per heavy atom. The molecule has 0 aliphatic heterocycles. The molecule has 29 heavy (non-hydrogen) atoms. The summed E-state index contributed by atoms with van der Waals surface area (Å²) in [6, 6.07) is 6.90. The fraction of sp³-hybridized carbons (Fsp3) is 0.474. The fourth-order valence-corrected chi connectivity index (χ4v) is 2.58. The van der Waals surface area contributed by atoms with Gasteiger partial charge in [0.2, 0.25) is 17.7 Å². The second-order valence-electron chi connectivity index (χ2n) is 6.47. The highest BCUT2D eigenvalue weighted by Crippen LogP contribution is 2.06. The van der Waals surface area contributed by atoms with Crippen molar-refractivity contribution in [3.63, 3.8) is 0 Å². The van der Waals surface area contributed by atoms with Gasteiger partial charge < -0.3 is 32.5 Å². The van der Waals surface area contributed by atoms with Crippen molar-refractivity contribution in [1.82, 2.24) is 16.0 Å². The first-order valence-corrected chi connectivity index (χ1v) is 9.40. The SMILES string of the molecule is NCCCCC(NC(=O)C(Cc1ccccc1)NC(=O)CNC(=O)CN)C(=O)O. The molecule has 1 rings (SSSR count). The monoisotopic (exact) mass is 407 g/mol. The smallest absolute Gasteiger partial charge is 0.326 e. The maximum atomic E-state index is 12.7. The molecule has 0 fully saturated rings. The summed E-state index contributed by atoms with van der Waals surface area (Å²) >= 11 is 0. The summed E-state index contributed by atoms with van der Waals surface area (Å²) in [5, 5.41) is 16.7. The number of carbonyl (C=O) groups excluding carboxylic acids is 3. The quantitative estimate of drug-likeness (QED) is 0.215. The average molecular weight is 407 g/mol. The van der Waals surface area contributed by atoms with Crippen molar-refractivity contribution in [3.8, 4) is 0 Å². The molecule has 10 heteroatoms. The molecule has 3 amide bonds. The summed E-state index contributed by atoms with van der Waals surface area (Å²) in [6.07, 6.45) is 1.59. The number of rotatable bonds is 13. The Kier molecular flexibility index (Phi) is 11.0. The fourth-order valence-electron chi connectivity index (χ4n) is 2.58. The maximum absolute atomic E-state index is 12.7. The Morgan fingerprint density at radius 2 is 1.62 bits per heavy atom. The summed E-state index contributed by atoms with van der Waals surface area (Å²) in [5.74, 6) is -2.86. The number of hydrogen-bond donors (Lipinski definition) is 6. The van der Waals surface area contributed by atoms with Gasteiger partial charge >= 0.3 is 5.97 Å². The van der Waals surface area contributed by atoms with Gasteiger partial charge in [-0.1, -0.05) is 30.3 Å². The van der Waals surface area contributed by atoms with E-state index in [1.54, 1.807) is 24.3 Å². The van der Waals surface area contributed by atoms with Crippen LogP contribution in [-0.2, 0) is 25.6 Å². The summed E-state index contributed by atoms with van der Waals surface area (Å²) in [6.45, 7) is -0.167. The van der Waals surface area contributed by atoms with Gasteiger partial charge in [-0.15, -0.1) is 0 Å². The van der Waals surface area contributed by atoms with Gasteiger partial charge in [-0.05, 0) is 31.4 Å². The third-order valence-corrected chi connectivity index (χ3v) is 4.13. The zero-order valence-corrected chi connectivity index (χ0v) is 16.2.